The number of phenolic OH excluding ortho intramolecular Hbond substituents is 1. The number of phenols is 1. The third-order valence-corrected chi connectivity index (χ3v) is 7.43. The maximum Gasteiger partial charge on any atom is 0.229 e. The fourth-order valence-corrected chi connectivity index (χ4v) is 4.93. The Balaban J connectivity index is 1.53. The summed E-state index contributed by atoms with van der Waals surface area (Å²) in [4.78, 5) is 13.1. The van der Waals surface area contributed by atoms with E-state index in [0.29, 0.717) is 11.3 Å². The zero-order chi connectivity index (χ0) is 31.1. The second kappa shape index (κ2) is 12.2. The summed E-state index contributed by atoms with van der Waals surface area (Å²) < 4.78 is 38.9. The van der Waals surface area contributed by atoms with Gasteiger partial charge in [-0.3, -0.25) is 4.79 Å². The highest BCUT2D eigenvalue weighted by molar-refractivity contribution is 5.89. The van der Waals surface area contributed by atoms with Gasteiger partial charge in [0.2, 0.25) is 12.0 Å². The quantitative estimate of drug-likeness (QED) is 0.152. The van der Waals surface area contributed by atoms with E-state index in [1.54, 1.807) is 24.3 Å². The normalized spacial score (nSPS) is 30.8. The molecule has 0 saturated carbocycles. The minimum atomic E-state index is -2.06. The van der Waals surface area contributed by atoms with Crippen molar-refractivity contribution in [1.82, 2.24) is 0 Å². The summed E-state index contributed by atoms with van der Waals surface area (Å²) in [6, 6.07) is 9.11. The Morgan fingerprint density at radius 2 is 1.72 bits per heavy atom. The van der Waals surface area contributed by atoms with Crippen LogP contribution in [0.5, 0.6) is 23.0 Å². The number of benzene rings is 2. The van der Waals surface area contributed by atoms with Gasteiger partial charge in [0.05, 0.1) is 34.0 Å². The summed E-state index contributed by atoms with van der Waals surface area (Å²) in [6.07, 6.45) is -11.5. The minimum Gasteiger partial charge on any atom is -0.504 e. The molecule has 43 heavy (non-hydrogen) atoms. The van der Waals surface area contributed by atoms with E-state index in [2.05, 4.69) is 0 Å². The second-order valence-corrected chi connectivity index (χ2v) is 10.1. The standard InChI is InChI=1S/C28H32O15/c1-37-13-5-3-12(4-6-13)15-7-14(31)19-16(40-15)8-17(23(38-2)21(19)33)41-26-24(22(34)20(32)18(9-29)42-26)43-27-25(35)28(36,10-30)11-39-27/h3-8,18,20,22,24-27,29-30,32-36H,9-11H2,1-2H3/t18-,20-,22+,24-,25+,26-,27+,28-/m1/s1. The monoisotopic (exact) mass is 608 g/mol. The molecule has 15 nitrogen and oxygen atoms in total. The van der Waals surface area contributed by atoms with Gasteiger partial charge in [0.25, 0.3) is 0 Å². The minimum absolute atomic E-state index is 0.109. The number of aliphatic hydroxyl groups is 6. The third-order valence-electron chi connectivity index (χ3n) is 7.43. The molecular weight excluding hydrogens is 576 g/mol. The number of ether oxygens (including phenoxy) is 6. The van der Waals surface area contributed by atoms with Crippen LogP contribution in [0.4, 0.5) is 0 Å². The number of hydrogen-bond acceptors (Lipinski definition) is 15. The molecule has 1 aromatic heterocycles. The lowest BCUT2D eigenvalue weighted by Crippen LogP contribution is -2.62. The highest BCUT2D eigenvalue weighted by Crippen LogP contribution is 2.44. The van der Waals surface area contributed by atoms with Crippen molar-refractivity contribution in [2.75, 3.05) is 34.0 Å². The van der Waals surface area contributed by atoms with E-state index < -0.39 is 79.7 Å². The average molecular weight is 609 g/mol. The number of fused-ring (bicyclic) bond motifs is 1. The molecule has 0 unspecified atom stereocenters. The number of methoxy groups -OCH3 is 2. The first kappa shape index (κ1) is 30.9. The molecule has 8 atom stereocenters. The second-order valence-electron chi connectivity index (χ2n) is 10.1. The van der Waals surface area contributed by atoms with Gasteiger partial charge in [-0.1, -0.05) is 0 Å². The Labute approximate surface area is 243 Å². The van der Waals surface area contributed by atoms with Crippen LogP contribution >= 0.6 is 0 Å². The SMILES string of the molecule is COc1ccc(-c2cc(=O)c3c(O)c(OC)c(O[C@@H]4O[C@H](CO)[C@@H](O)[C@H](O)[C@H]4O[C@@H]4OC[C@](O)(CO)[C@H]4O)cc3o2)cc1. The van der Waals surface area contributed by atoms with Crippen molar-refractivity contribution in [2.24, 2.45) is 0 Å². The van der Waals surface area contributed by atoms with Crippen molar-refractivity contribution in [3.8, 4) is 34.3 Å². The first-order chi connectivity index (χ1) is 20.5. The number of rotatable bonds is 9. The number of aliphatic hydroxyl groups excluding tert-OH is 5. The van der Waals surface area contributed by atoms with E-state index in [1.807, 2.05) is 0 Å². The van der Waals surface area contributed by atoms with E-state index in [1.165, 1.54) is 26.4 Å². The molecule has 0 aliphatic carbocycles. The summed E-state index contributed by atoms with van der Waals surface area (Å²) in [6.45, 7) is -2.10. The summed E-state index contributed by atoms with van der Waals surface area (Å²) in [5, 5.41) is 72.1. The predicted molar refractivity (Wildman–Crippen MR) is 144 cm³/mol. The van der Waals surface area contributed by atoms with Crippen molar-refractivity contribution in [2.45, 2.75) is 48.7 Å². The van der Waals surface area contributed by atoms with Gasteiger partial charge in [0, 0.05) is 17.7 Å². The first-order valence-electron chi connectivity index (χ1n) is 13.1. The molecule has 234 valence electrons. The van der Waals surface area contributed by atoms with Crippen molar-refractivity contribution in [3.63, 3.8) is 0 Å². The van der Waals surface area contributed by atoms with Crippen LogP contribution in [0.15, 0.2) is 45.6 Å². The molecule has 0 radical (unpaired) electrons. The van der Waals surface area contributed by atoms with Crippen LogP contribution in [0.1, 0.15) is 0 Å². The van der Waals surface area contributed by atoms with Gasteiger partial charge in [-0.15, -0.1) is 0 Å². The zero-order valence-corrected chi connectivity index (χ0v) is 23.0. The highest BCUT2D eigenvalue weighted by Gasteiger charge is 2.53. The molecule has 2 saturated heterocycles. The smallest absolute Gasteiger partial charge is 0.229 e. The van der Waals surface area contributed by atoms with Gasteiger partial charge < -0.3 is 68.6 Å². The summed E-state index contributed by atoms with van der Waals surface area (Å²) in [5.41, 5.74) is -2.23. The van der Waals surface area contributed by atoms with Crippen molar-refractivity contribution in [3.05, 3.63) is 46.6 Å². The maximum absolute atomic E-state index is 13.1. The molecular formula is C28H32O15. The van der Waals surface area contributed by atoms with Crippen molar-refractivity contribution in [1.29, 1.82) is 0 Å². The fraction of sp³-hybridized carbons (Fsp3) is 0.464. The Hall–Kier alpha value is -3.51. The summed E-state index contributed by atoms with van der Waals surface area (Å²) in [7, 11) is 2.71. The first-order valence-corrected chi connectivity index (χ1v) is 13.1. The van der Waals surface area contributed by atoms with Gasteiger partial charge in [-0.2, -0.15) is 0 Å². The third kappa shape index (κ3) is 5.62. The van der Waals surface area contributed by atoms with Gasteiger partial charge >= 0.3 is 0 Å². The molecule has 2 aromatic carbocycles. The van der Waals surface area contributed by atoms with Gasteiger partial charge in [0.15, 0.2) is 29.3 Å². The molecule has 5 rings (SSSR count). The molecule has 2 aliphatic rings. The molecule has 0 bridgehead atoms. The Morgan fingerprint density at radius 3 is 2.33 bits per heavy atom. The molecule has 0 spiro atoms. The van der Waals surface area contributed by atoms with Gasteiger partial charge in [-0.25, -0.2) is 0 Å². The topological polar surface area (TPSA) is 227 Å². The Bertz CT molecular complexity index is 1490. The number of hydrogen-bond donors (Lipinski definition) is 7. The van der Waals surface area contributed by atoms with E-state index in [0.717, 1.165) is 0 Å². The molecule has 3 heterocycles. The Kier molecular flexibility index (Phi) is 8.80. The van der Waals surface area contributed by atoms with Gasteiger partial charge in [0.1, 0.15) is 52.5 Å². The lowest BCUT2D eigenvalue weighted by molar-refractivity contribution is -0.319. The molecule has 0 amide bonds. The Morgan fingerprint density at radius 1 is 1.00 bits per heavy atom. The predicted octanol–water partition coefficient (Wildman–Crippen LogP) is -1.17. The summed E-state index contributed by atoms with van der Waals surface area (Å²) >= 11 is 0. The van der Waals surface area contributed by atoms with Crippen LogP contribution in [0, 0.1) is 0 Å². The molecule has 2 aliphatic heterocycles. The molecule has 7 N–H and O–H groups in total. The van der Waals surface area contributed by atoms with Crippen LogP contribution in [0.2, 0.25) is 0 Å². The van der Waals surface area contributed by atoms with Crippen molar-refractivity contribution >= 4 is 11.0 Å². The average Bonchev–Trinajstić information content (AvgIpc) is 3.29. The lowest BCUT2D eigenvalue weighted by Gasteiger charge is -2.42. The van der Waals surface area contributed by atoms with E-state index in [4.69, 9.17) is 32.8 Å². The van der Waals surface area contributed by atoms with Crippen molar-refractivity contribution < 1.29 is 68.6 Å². The van der Waals surface area contributed by atoms with E-state index in [-0.39, 0.29) is 28.2 Å². The van der Waals surface area contributed by atoms with E-state index >= 15 is 0 Å². The van der Waals surface area contributed by atoms with E-state index in [9.17, 15) is 40.5 Å². The van der Waals surface area contributed by atoms with Crippen LogP contribution < -0.4 is 19.6 Å². The fourth-order valence-electron chi connectivity index (χ4n) is 4.93. The molecule has 15 heteroatoms. The molecule has 2 fully saturated rings. The van der Waals surface area contributed by atoms with Gasteiger partial charge in [-0.05, 0) is 24.3 Å². The van der Waals surface area contributed by atoms with Crippen LogP contribution in [0.3, 0.4) is 0 Å². The maximum atomic E-state index is 13.1. The lowest BCUT2D eigenvalue weighted by atomic mass is 9.98. The molecule has 3 aromatic rings. The zero-order valence-electron chi connectivity index (χ0n) is 23.0. The number of aromatic hydroxyl groups is 1. The highest BCUT2D eigenvalue weighted by atomic mass is 16.8. The van der Waals surface area contributed by atoms with Crippen LogP contribution in [-0.2, 0) is 14.2 Å². The summed E-state index contributed by atoms with van der Waals surface area (Å²) in [5.74, 6) is -0.443. The van der Waals surface area contributed by atoms with Crippen LogP contribution in [0.25, 0.3) is 22.3 Å². The van der Waals surface area contributed by atoms with Crippen LogP contribution in [-0.4, -0.2) is 118 Å². The largest absolute Gasteiger partial charge is 0.504 e.